The number of hydrogen-bond acceptors (Lipinski definition) is 5. The molecule has 0 fully saturated rings. The highest BCUT2D eigenvalue weighted by Crippen LogP contribution is 2.23. The second-order valence-corrected chi connectivity index (χ2v) is 7.81. The van der Waals surface area contributed by atoms with Gasteiger partial charge < -0.3 is 9.47 Å². The maximum atomic E-state index is 12.3. The molecule has 138 valence electrons. The third-order valence-corrected chi connectivity index (χ3v) is 5.55. The molecule has 2 rings (SSSR count). The van der Waals surface area contributed by atoms with Crippen LogP contribution < -0.4 is 9.47 Å². The summed E-state index contributed by atoms with van der Waals surface area (Å²) in [6.45, 7) is 0. The van der Waals surface area contributed by atoms with E-state index >= 15 is 0 Å². The van der Waals surface area contributed by atoms with Crippen LogP contribution in [0, 0.1) is 0 Å². The van der Waals surface area contributed by atoms with E-state index < -0.39 is 10.0 Å². The first-order valence-corrected chi connectivity index (χ1v) is 9.20. The van der Waals surface area contributed by atoms with Gasteiger partial charge in [-0.25, -0.2) is 12.7 Å². The zero-order chi connectivity index (χ0) is 19.3. The van der Waals surface area contributed by atoms with Gasteiger partial charge in [-0.05, 0) is 48.0 Å². The lowest BCUT2D eigenvalue weighted by Gasteiger charge is -2.11. The molecule has 0 radical (unpaired) electrons. The van der Waals surface area contributed by atoms with Crippen molar-refractivity contribution in [1.82, 2.24) is 4.31 Å². The molecule has 0 spiro atoms. The van der Waals surface area contributed by atoms with Crippen LogP contribution in [0.5, 0.6) is 11.5 Å². The fourth-order valence-corrected chi connectivity index (χ4v) is 3.10. The Hall–Kier alpha value is -2.64. The molecular weight excluding hydrogens is 354 g/mol. The minimum atomic E-state index is -3.51. The van der Waals surface area contributed by atoms with Crippen LogP contribution in [-0.4, -0.2) is 46.8 Å². The lowest BCUT2D eigenvalue weighted by molar-refractivity contribution is 0.104. The molecule has 0 aliphatic rings. The molecule has 0 aliphatic carbocycles. The highest BCUT2D eigenvalue weighted by atomic mass is 32.2. The number of hydrogen-bond donors (Lipinski definition) is 0. The highest BCUT2D eigenvalue weighted by molar-refractivity contribution is 7.89. The summed E-state index contributed by atoms with van der Waals surface area (Å²) in [5.41, 5.74) is 1.15. The van der Waals surface area contributed by atoms with Crippen LogP contribution in [0.4, 0.5) is 0 Å². The minimum Gasteiger partial charge on any atom is -0.497 e. The number of methoxy groups -OCH3 is 2. The van der Waals surface area contributed by atoms with Gasteiger partial charge in [0.15, 0.2) is 5.78 Å². The molecule has 2 aromatic rings. The Morgan fingerprint density at radius 1 is 0.962 bits per heavy atom. The molecular formula is C19H21NO5S. The van der Waals surface area contributed by atoms with Crippen molar-refractivity contribution in [3.05, 3.63) is 59.7 Å². The smallest absolute Gasteiger partial charge is 0.242 e. The van der Waals surface area contributed by atoms with Crippen molar-refractivity contribution in [2.24, 2.45) is 0 Å². The van der Waals surface area contributed by atoms with Gasteiger partial charge >= 0.3 is 0 Å². The molecule has 7 heteroatoms. The van der Waals surface area contributed by atoms with Gasteiger partial charge in [-0.15, -0.1) is 0 Å². The van der Waals surface area contributed by atoms with E-state index in [2.05, 4.69) is 0 Å². The van der Waals surface area contributed by atoms with Crippen molar-refractivity contribution in [2.45, 2.75) is 4.90 Å². The summed E-state index contributed by atoms with van der Waals surface area (Å²) in [5, 5.41) is 0. The Bertz CT molecular complexity index is 893. The maximum Gasteiger partial charge on any atom is 0.242 e. The van der Waals surface area contributed by atoms with Crippen LogP contribution in [0.15, 0.2) is 53.4 Å². The highest BCUT2D eigenvalue weighted by Gasteiger charge is 2.17. The molecule has 6 nitrogen and oxygen atoms in total. The van der Waals surface area contributed by atoms with Gasteiger partial charge in [-0.3, -0.25) is 4.79 Å². The Morgan fingerprint density at radius 2 is 1.50 bits per heavy atom. The Morgan fingerprint density at radius 3 is 1.96 bits per heavy atom. The van der Waals surface area contributed by atoms with Gasteiger partial charge in [0.1, 0.15) is 11.5 Å². The molecule has 0 aromatic heterocycles. The van der Waals surface area contributed by atoms with E-state index in [1.165, 1.54) is 44.4 Å². The van der Waals surface area contributed by atoms with Crippen molar-refractivity contribution in [3.63, 3.8) is 0 Å². The molecule has 0 heterocycles. The van der Waals surface area contributed by atoms with E-state index in [4.69, 9.17) is 9.47 Å². The fraction of sp³-hybridized carbons (Fsp3) is 0.211. The first-order chi connectivity index (χ1) is 12.3. The maximum absolute atomic E-state index is 12.3. The Labute approximate surface area is 153 Å². The number of carbonyl (C=O) groups excluding carboxylic acids is 1. The van der Waals surface area contributed by atoms with Gasteiger partial charge in [-0.1, -0.05) is 6.08 Å². The van der Waals surface area contributed by atoms with Crippen LogP contribution in [0.1, 0.15) is 15.9 Å². The summed E-state index contributed by atoms with van der Waals surface area (Å²) >= 11 is 0. The van der Waals surface area contributed by atoms with Crippen molar-refractivity contribution in [3.8, 4) is 11.5 Å². The quantitative estimate of drug-likeness (QED) is 0.550. The van der Waals surface area contributed by atoms with E-state index in [0.717, 1.165) is 9.87 Å². The molecule has 0 atom stereocenters. The average molecular weight is 375 g/mol. The number of sulfonamides is 1. The third-order valence-electron chi connectivity index (χ3n) is 3.72. The summed E-state index contributed by atoms with van der Waals surface area (Å²) < 4.78 is 35.6. The molecule has 0 unspecified atom stereocenters. The molecule has 0 saturated heterocycles. The minimum absolute atomic E-state index is 0.139. The number of nitrogens with zero attached hydrogens (tertiary/aromatic N) is 1. The number of benzene rings is 2. The third kappa shape index (κ3) is 4.50. The lowest BCUT2D eigenvalue weighted by Crippen LogP contribution is -2.22. The van der Waals surface area contributed by atoms with Gasteiger partial charge in [0.2, 0.25) is 10.0 Å². The SMILES string of the molecule is COc1cc(C=CC(=O)c2ccc(S(=O)(=O)N(C)C)cc2)cc(OC)c1. The molecule has 26 heavy (non-hydrogen) atoms. The molecule has 2 aromatic carbocycles. The summed E-state index contributed by atoms with van der Waals surface area (Å²) in [6.07, 6.45) is 3.07. The second kappa shape index (κ2) is 8.16. The predicted molar refractivity (Wildman–Crippen MR) is 100 cm³/mol. The zero-order valence-corrected chi connectivity index (χ0v) is 15.9. The topological polar surface area (TPSA) is 72.9 Å². The van der Waals surface area contributed by atoms with Gasteiger partial charge in [-0.2, -0.15) is 0 Å². The van der Waals surface area contributed by atoms with Crippen LogP contribution in [0.2, 0.25) is 0 Å². The van der Waals surface area contributed by atoms with Crippen LogP contribution in [0.3, 0.4) is 0 Å². The summed E-state index contributed by atoms with van der Waals surface area (Å²) in [5.74, 6) is 1.00. The van der Waals surface area contributed by atoms with Gasteiger partial charge in [0.25, 0.3) is 0 Å². The number of ether oxygens (including phenoxy) is 2. The number of ketones is 1. The molecule has 0 aliphatic heterocycles. The predicted octanol–water partition coefficient (Wildman–Crippen LogP) is 2.85. The summed E-state index contributed by atoms with van der Waals surface area (Å²) in [7, 11) is 2.51. The van der Waals surface area contributed by atoms with Crippen molar-refractivity contribution >= 4 is 21.9 Å². The average Bonchev–Trinajstić information content (AvgIpc) is 2.65. The number of allylic oxidation sites excluding steroid dienone is 1. The normalized spacial score (nSPS) is 11.7. The van der Waals surface area contributed by atoms with Crippen LogP contribution in [0.25, 0.3) is 6.08 Å². The number of carbonyl (C=O) groups is 1. The van der Waals surface area contributed by atoms with Gasteiger partial charge in [0, 0.05) is 25.7 Å². The van der Waals surface area contributed by atoms with E-state index in [0.29, 0.717) is 17.1 Å². The first-order valence-electron chi connectivity index (χ1n) is 7.76. The van der Waals surface area contributed by atoms with Crippen molar-refractivity contribution < 1.29 is 22.7 Å². The largest absolute Gasteiger partial charge is 0.497 e. The summed E-state index contributed by atoms with van der Waals surface area (Å²) in [4.78, 5) is 12.5. The molecule has 0 saturated carbocycles. The van der Waals surface area contributed by atoms with Crippen LogP contribution >= 0.6 is 0 Å². The van der Waals surface area contributed by atoms with E-state index in [1.807, 2.05) is 0 Å². The van der Waals surface area contributed by atoms with E-state index in [1.54, 1.807) is 38.5 Å². The molecule has 0 N–H and O–H groups in total. The lowest BCUT2D eigenvalue weighted by atomic mass is 10.1. The van der Waals surface area contributed by atoms with Crippen LogP contribution in [-0.2, 0) is 10.0 Å². The van der Waals surface area contributed by atoms with E-state index in [-0.39, 0.29) is 10.7 Å². The van der Waals surface area contributed by atoms with E-state index in [9.17, 15) is 13.2 Å². The number of rotatable bonds is 7. The summed E-state index contributed by atoms with van der Waals surface area (Å²) in [6, 6.07) is 11.1. The molecule has 0 amide bonds. The Balaban J connectivity index is 2.21. The first kappa shape index (κ1) is 19.7. The van der Waals surface area contributed by atoms with Gasteiger partial charge in [0.05, 0.1) is 19.1 Å². The Kier molecular flexibility index (Phi) is 6.18. The van der Waals surface area contributed by atoms with Crippen molar-refractivity contribution in [2.75, 3.05) is 28.3 Å². The fourth-order valence-electron chi connectivity index (χ4n) is 2.20. The molecule has 0 bridgehead atoms. The van der Waals surface area contributed by atoms with Crippen molar-refractivity contribution in [1.29, 1.82) is 0 Å². The monoisotopic (exact) mass is 375 g/mol. The zero-order valence-electron chi connectivity index (χ0n) is 15.1. The second-order valence-electron chi connectivity index (χ2n) is 5.66. The standard InChI is InChI=1S/C19H21NO5S/c1-20(2)26(22,23)18-8-6-15(7-9-18)19(21)10-5-14-11-16(24-3)13-17(12-14)25-4/h5-13H,1-4H3.